The van der Waals surface area contributed by atoms with E-state index in [0.717, 1.165) is 10.8 Å². The maximum atomic E-state index is 12.6. The molecule has 2 amide bonds. The van der Waals surface area contributed by atoms with Crippen molar-refractivity contribution < 1.29 is 19.1 Å². The van der Waals surface area contributed by atoms with E-state index in [4.69, 9.17) is 16.3 Å². The third-order valence-electron chi connectivity index (χ3n) is 5.03. The zero-order valence-electron chi connectivity index (χ0n) is 18.4. The molecular weight excluding hydrogens is 466 g/mol. The summed E-state index contributed by atoms with van der Waals surface area (Å²) in [5, 5.41) is 8.43. The summed E-state index contributed by atoms with van der Waals surface area (Å²) in [5.41, 5.74) is 3.78. The molecule has 0 aliphatic heterocycles. The van der Waals surface area contributed by atoms with E-state index in [1.54, 1.807) is 54.6 Å². The van der Waals surface area contributed by atoms with Gasteiger partial charge in [-0.25, -0.2) is 10.2 Å². The number of nitrogens with one attached hydrogen (secondary N) is 2. The fraction of sp³-hybridized carbons (Fsp3) is 0.0370. The Kier molecular flexibility index (Phi) is 7.50. The minimum atomic E-state index is -0.498. The van der Waals surface area contributed by atoms with Crippen molar-refractivity contribution >= 4 is 46.4 Å². The highest BCUT2D eigenvalue weighted by molar-refractivity contribution is 6.33. The maximum Gasteiger partial charge on any atom is 0.344 e. The number of ether oxygens (including phenoxy) is 1. The second-order valence-corrected chi connectivity index (χ2v) is 7.85. The van der Waals surface area contributed by atoms with Crippen LogP contribution in [0.3, 0.4) is 0 Å². The summed E-state index contributed by atoms with van der Waals surface area (Å²) < 4.78 is 5.50. The minimum Gasteiger partial charge on any atom is -0.423 e. The number of fused-ring (bicyclic) bond motifs is 1. The van der Waals surface area contributed by atoms with Gasteiger partial charge in [-0.05, 0) is 58.8 Å². The molecule has 0 aromatic heterocycles. The molecule has 0 fully saturated rings. The number of nitrogens with zero attached hydrogens (tertiary/aromatic N) is 1. The fourth-order valence-electron chi connectivity index (χ4n) is 3.31. The number of hydrogen-bond acceptors (Lipinski definition) is 5. The number of amides is 2. The monoisotopic (exact) mass is 485 g/mol. The Bertz CT molecular complexity index is 1410. The zero-order valence-corrected chi connectivity index (χ0v) is 19.2. The van der Waals surface area contributed by atoms with Crippen LogP contribution in [0.25, 0.3) is 10.8 Å². The SMILES string of the molecule is O=C(CNC(=O)c1ccccc1Cl)N/N=C\c1ccc(OC(=O)c2cccc3ccccc23)cc1. The number of halogens is 1. The molecule has 8 heteroatoms. The molecule has 0 unspecified atom stereocenters. The second kappa shape index (κ2) is 11.1. The molecule has 0 saturated heterocycles. The van der Waals surface area contributed by atoms with Gasteiger partial charge in [-0.15, -0.1) is 0 Å². The maximum absolute atomic E-state index is 12.6. The van der Waals surface area contributed by atoms with Gasteiger partial charge in [0.05, 0.1) is 28.9 Å². The van der Waals surface area contributed by atoms with E-state index in [-0.39, 0.29) is 12.1 Å². The fourth-order valence-corrected chi connectivity index (χ4v) is 3.53. The molecule has 0 bridgehead atoms. The molecule has 0 spiro atoms. The number of carbonyl (C=O) groups excluding carboxylic acids is 3. The number of benzene rings is 4. The molecule has 0 atom stereocenters. The van der Waals surface area contributed by atoms with Crippen molar-refractivity contribution in [2.45, 2.75) is 0 Å². The number of hydrogen-bond donors (Lipinski definition) is 2. The van der Waals surface area contributed by atoms with Crippen LogP contribution in [0.5, 0.6) is 5.75 Å². The number of hydrazone groups is 1. The van der Waals surface area contributed by atoms with Gasteiger partial charge in [0.2, 0.25) is 0 Å². The predicted molar refractivity (Wildman–Crippen MR) is 135 cm³/mol. The lowest BCUT2D eigenvalue weighted by Crippen LogP contribution is -2.35. The molecule has 174 valence electrons. The Morgan fingerprint density at radius 3 is 2.31 bits per heavy atom. The molecule has 0 aliphatic carbocycles. The van der Waals surface area contributed by atoms with Gasteiger partial charge in [-0.3, -0.25) is 9.59 Å². The summed E-state index contributed by atoms with van der Waals surface area (Å²) >= 11 is 5.97. The first-order valence-electron chi connectivity index (χ1n) is 10.7. The molecule has 35 heavy (non-hydrogen) atoms. The normalized spacial score (nSPS) is 10.8. The van der Waals surface area contributed by atoms with Crippen molar-refractivity contribution in [1.29, 1.82) is 0 Å². The van der Waals surface area contributed by atoms with Crippen LogP contribution in [0.2, 0.25) is 5.02 Å². The van der Waals surface area contributed by atoms with Crippen molar-refractivity contribution in [1.82, 2.24) is 10.7 Å². The van der Waals surface area contributed by atoms with Crippen molar-refractivity contribution in [3.05, 3.63) is 113 Å². The Balaban J connectivity index is 1.28. The van der Waals surface area contributed by atoms with Crippen LogP contribution in [0.15, 0.2) is 96.1 Å². The summed E-state index contributed by atoms with van der Waals surface area (Å²) in [6, 6.07) is 26.3. The highest BCUT2D eigenvalue weighted by atomic mass is 35.5. The average Bonchev–Trinajstić information content (AvgIpc) is 2.88. The molecule has 0 saturated carbocycles. The van der Waals surface area contributed by atoms with E-state index in [2.05, 4.69) is 15.8 Å². The molecule has 0 radical (unpaired) electrons. The second-order valence-electron chi connectivity index (χ2n) is 7.44. The molecule has 4 aromatic carbocycles. The van der Waals surface area contributed by atoms with Gasteiger partial charge in [-0.1, -0.05) is 60.1 Å². The Morgan fingerprint density at radius 1 is 0.829 bits per heavy atom. The minimum absolute atomic E-state index is 0.259. The van der Waals surface area contributed by atoms with E-state index in [9.17, 15) is 14.4 Å². The third-order valence-corrected chi connectivity index (χ3v) is 5.36. The predicted octanol–water partition coefficient (Wildman–Crippen LogP) is 4.59. The van der Waals surface area contributed by atoms with Crippen LogP contribution in [0.1, 0.15) is 26.3 Å². The largest absolute Gasteiger partial charge is 0.423 e. The third kappa shape index (κ3) is 6.10. The number of esters is 1. The van der Waals surface area contributed by atoms with Crippen molar-refractivity contribution in [3.8, 4) is 5.75 Å². The van der Waals surface area contributed by atoms with E-state index in [0.29, 0.717) is 21.9 Å². The lowest BCUT2D eigenvalue weighted by atomic mass is 10.0. The summed E-state index contributed by atoms with van der Waals surface area (Å²) in [5.74, 6) is -1.02. The average molecular weight is 486 g/mol. The lowest BCUT2D eigenvalue weighted by Gasteiger charge is -2.07. The molecule has 7 nitrogen and oxygen atoms in total. The van der Waals surface area contributed by atoms with Crippen molar-refractivity contribution in [2.24, 2.45) is 5.10 Å². The van der Waals surface area contributed by atoms with Gasteiger partial charge < -0.3 is 10.1 Å². The quantitative estimate of drug-likeness (QED) is 0.173. The molecule has 0 aliphatic rings. The first kappa shape index (κ1) is 23.7. The van der Waals surface area contributed by atoms with Crippen LogP contribution in [0.4, 0.5) is 0 Å². The topological polar surface area (TPSA) is 96.9 Å². The zero-order chi connectivity index (χ0) is 24.6. The molecule has 4 rings (SSSR count). The van der Waals surface area contributed by atoms with Crippen LogP contribution < -0.4 is 15.5 Å². The summed E-state index contributed by atoms with van der Waals surface area (Å²) in [6.45, 7) is -0.259. The van der Waals surface area contributed by atoms with Crippen LogP contribution >= 0.6 is 11.6 Å². The molecule has 4 aromatic rings. The van der Waals surface area contributed by atoms with Crippen molar-refractivity contribution in [2.75, 3.05) is 6.54 Å². The van der Waals surface area contributed by atoms with Gasteiger partial charge in [-0.2, -0.15) is 5.10 Å². The number of carbonyl (C=O) groups is 3. The van der Waals surface area contributed by atoms with E-state index in [1.807, 2.05) is 36.4 Å². The molecule has 2 N–H and O–H groups in total. The Labute approximate surface area is 206 Å². The Morgan fingerprint density at radius 2 is 1.51 bits per heavy atom. The number of rotatable bonds is 7. The first-order valence-corrected chi connectivity index (χ1v) is 11.0. The van der Waals surface area contributed by atoms with Gasteiger partial charge in [0.1, 0.15) is 5.75 Å². The van der Waals surface area contributed by atoms with Gasteiger partial charge in [0.15, 0.2) is 0 Å². The Hall–Kier alpha value is -4.49. The van der Waals surface area contributed by atoms with Crippen LogP contribution in [-0.2, 0) is 4.79 Å². The van der Waals surface area contributed by atoms with Gasteiger partial charge in [0, 0.05) is 0 Å². The van der Waals surface area contributed by atoms with Crippen LogP contribution in [0, 0.1) is 0 Å². The smallest absolute Gasteiger partial charge is 0.344 e. The molecule has 0 heterocycles. The van der Waals surface area contributed by atoms with E-state index in [1.165, 1.54) is 6.21 Å². The van der Waals surface area contributed by atoms with Gasteiger partial charge in [0.25, 0.3) is 11.8 Å². The lowest BCUT2D eigenvalue weighted by molar-refractivity contribution is -0.120. The van der Waals surface area contributed by atoms with Crippen LogP contribution in [-0.4, -0.2) is 30.5 Å². The van der Waals surface area contributed by atoms with E-state index >= 15 is 0 Å². The summed E-state index contributed by atoms with van der Waals surface area (Å²) in [7, 11) is 0. The molecular formula is C27H20ClN3O4. The van der Waals surface area contributed by atoms with E-state index < -0.39 is 17.8 Å². The highest BCUT2D eigenvalue weighted by Crippen LogP contribution is 2.21. The standard InChI is InChI=1S/C27H20ClN3O4/c28-24-11-4-3-9-23(24)26(33)29-17-25(32)31-30-16-18-12-14-20(15-13-18)35-27(34)22-10-5-7-19-6-1-2-8-21(19)22/h1-16H,17H2,(H,29,33)(H,31,32)/b30-16-. The summed E-state index contributed by atoms with van der Waals surface area (Å²) in [4.78, 5) is 36.7. The van der Waals surface area contributed by atoms with Crippen molar-refractivity contribution in [3.63, 3.8) is 0 Å². The first-order chi connectivity index (χ1) is 17.0. The highest BCUT2D eigenvalue weighted by Gasteiger charge is 2.12. The summed E-state index contributed by atoms with van der Waals surface area (Å²) in [6.07, 6.45) is 1.43. The van der Waals surface area contributed by atoms with Gasteiger partial charge >= 0.3 is 5.97 Å².